The average Bonchev–Trinajstić information content (AvgIpc) is 3.31. The second-order valence-electron chi connectivity index (χ2n) is 9.88. The molecular formula is C29H28ClN5O4S. The average molecular weight is 578 g/mol. The van der Waals surface area contributed by atoms with Crippen molar-refractivity contribution in [3.8, 4) is 16.9 Å². The third kappa shape index (κ3) is 5.30. The summed E-state index contributed by atoms with van der Waals surface area (Å²) in [4.78, 5) is 41.0. The van der Waals surface area contributed by atoms with Gasteiger partial charge < -0.3 is 14.7 Å². The molecule has 0 aliphatic carbocycles. The molecule has 4 heterocycles. The van der Waals surface area contributed by atoms with Gasteiger partial charge in [0.25, 0.3) is 5.56 Å². The van der Waals surface area contributed by atoms with Crippen molar-refractivity contribution in [3.63, 3.8) is 0 Å². The zero-order chi connectivity index (χ0) is 28.7. The minimum atomic E-state index is -1.03. The number of carboxylic acid groups (broad SMARTS) is 1. The fraction of sp³-hybridized carbons (Fsp3) is 0.276. The van der Waals surface area contributed by atoms with Crippen molar-refractivity contribution >= 4 is 50.0 Å². The van der Waals surface area contributed by atoms with E-state index in [4.69, 9.17) is 16.3 Å². The van der Waals surface area contributed by atoms with Gasteiger partial charge in [-0.25, -0.2) is 9.78 Å². The summed E-state index contributed by atoms with van der Waals surface area (Å²) in [6.07, 6.45) is 0. The zero-order valence-electron chi connectivity index (χ0n) is 22.8. The summed E-state index contributed by atoms with van der Waals surface area (Å²) in [6, 6.07) is 9.02. The molecule has 0 aliphatic heterocycles. The van der Waals surface area contributed by atoms with Crippen LogP contribution in [0.4, 0.5) is 0 Å². The lowest BCUT2D eigenvalue weighted by atomic mass is 10.0. The molecule has 40 heavy (non-hydrogen) atoms. The molecule has 0 amide bonds. The van der Waals surface area contributed by atoms with Crippen LogP contribution in [0.1, 0.15) is 33.3 Å². The Morgan fingerprint density at radius 1 is 1.07 bits per heavy atom. The van der Waals surface area contributed by atoms with E-state index in [0.29, 0.717) is 45.3 Å². The number of aryl methyl sites for hydroxylation is 3. The number of halogens is 1. The monoisotopic (exact) mass is 577 g/mol. The summed E-state index contributed by atoms with van der Waals surface area (Å²) in [7, 11) is 3.91. The summed E-state index contributed by atoms with van der Waals surface area (Å²) in [6.45, 7) is 6.60. The molecule has 206 valence electrons. The SMILES string of the molecule is Cc1cc(-c2cc(Cl)ccc2OCCn2c(C)nc3c(C)nc(CN(C)C)cc3c2=O)c2scc(C(=O)O)c2n1. The summed E-state index contributed by atoms with van der Waals surface area (Å²) in [5.41, 5.74) is 4.78. The smallest absolute Gasteiger partial charge is 0.338 e. The van der Waals surface area contributed by atoms with Gasteiger partial charge in [-0.1, -0.05) is 11.6 Å². The second-order valence-corrected chi connectivity index (χ2v) is 11.2. The first-order chi connectivity index (χ1) is 19.0. The van der Waals surface area contributed by atoms with Crippen LogP contribution < -0.4 is 10.3 Å². The highest BCUT2D eigenvalue weighted by atomic mass is 35.5. The Morgan fingerprint density at radius 2 is 1.85 bits per heavy atom. The number of hydrogen-bond donors (Lipinski definition) is 1. The van der Waals surface area contributed by atoms with Gasteiger partial charge in [0, 0.05) is 33.8 Å². The molecule has 0 atom stereocenters. The third-order valence-electron chi connectivity index (χ3n) is 6.52. The van der Waals surface area contributed by atoms with E-state index in [2.05, 4.69) is 15.0 Å². The molecule has 9 nitrogen and oxygen atoms in total. The fourth-order valence-corrected chi connectivity index (χ4v) is 5.97. The molecule has 0 saturated heterocycles. The number of pyridine rings is 2. The fourth-order valence-electron chi connectivity index (χ4n) is 4.79. The molecule has 4 aromatic heterocycles. The maximum absolute atomic E-state index is 13.5. The number of hydrogen-bond acceptors (Lipinski definition) is 8. The lowest BCUT2D eigenvalue weighted by molar-refractivity contribution is 0.0699. The lowest BCUT2D eigenvalue weighted by Crippen LogP contribution is -2.27. The summed E-state index contributed by atoms with van der Waals surface area (Å²) < 4.78 is 8.57. The van der Waals surface area contributed by atoms with E-state index in [0.717, 1.165) is 27.2 Å². The lowest BCUT2D eigenvalue weighted by Gasteiger charge is -2.16. The van der Waals surface area contributed by atoms with E-state index in [1.54, 1.807) is 35.1 Å². The first kappa shape index (κ1) is 27.7. The Kier molecular flexibility index (Phi) is 7.59. The molecule has 5 rings (SSSR count). The highest BCUT2D eigenvalue weighted by molar-refractivity contribution is 7.18. The quantitative estimate of drug-likeness (QED) is 0.258. The Morgan fingerprint density at radius 3 is 2.58 bits per heavy atom. The summed E-state index contributed by atoms with van der Waals surface area (Å²) >= 11 is 7.69. The third-order valence-corrected chi connectivity index (χ3v) is 7.76. The molecule has 0 radical (unpaired) electrons. The molecule has 0 spiro atoms. The normalized spacial score (nSPS) is 11.6. The van der Waals surface area contributed by atoms with E-state index >= 15 is 0 Å². The van der Waals surface area contributed by atoms with Crippen LogP contribution in [0.5, 0.6) is 5.75 Å². The van der Waals surface area contributed by atoms with Crippen molar-refractivity contribution in [2.75, 3.05) is 20.7 Å². The Labute approximate surface area is 239 Å². The van der Waals surface area contributed by atoms with Crippen molar-refractivity contribution in [3.05, 3.63) is 79.6 Å². The van der Waals surface area contributed by atoms with Gasteiger partial charge in [0.15, 0.2) is 0 Å². The van der Waals surface area contributed by atoms with Gasteiger partial charge in [0.2, 0.25) is 0 Å². The molecular weight excluding hydrogens is 550 g/mol. The molecule has 1 aromatic carbocycles. The first-order valence-electron chi connectivity index (χ1n) is 12.6. The molecule has 11 heteroatoms. The van der Waals surface area contributed by atoms with Crippen LogP contribution in [0, 0.1) is 20.8 Å². The number of ether oxygens (including phenoxy) is 1. The molecule has 0 fully saturated rings. The molecule has 0 aliphatic rings. The second kappa shape index (κ2) is 11.0. The van der Waals surface area contributed by atoms with Gasteiger partial charge in [-0.3, -0.25) is 19.3 Å². The molecule has 0 unspecified atom stereocenters. The molecule has 0 bridgehead atoms. The zero-order valence-corrected chi connectivity index (χ0v) is 24.4. The van der Waals surface area contributed by atoms with E-state index in [1.165, 1.54) is 11.3 Å². The highest BCUT2D eigenvalue weighted by Gasteiger charge is 2.19. The van der Waals surface area contributed by atoms with Crippen LogP contribution in [0.15, 0.2) is 40.5 Å². The van der Waals surface area contributed by atoms with Gasteiger partial charge in [-0.15, -0.1) is 11.3 Å². The predicted octanol–water partition coefficient (Wildman–Crippen LogP) is 5.49. The number of benzene rings is 1. The maximum Gasteiger partial charge on any atom is 0.338 e. The van der Waals surface area contributed by atoms with Gasteiger partial charge in [-0.05, 0) is 65.2 Å². The minimum Gasteiger partial charge on any atom is -0.491 e. The number of aromatic nitrogens is 4. The van der Waals surface area contributed by atoms with E-state index < -0.39 is 5.97 Å². The Bertz CT molecular complexity index is 1850. The van der Waals surface area contributed by atoms with Crippen molar-refractivity contribution in [2.45, 2.75) is 33.9 Å². The van der Waals surface area contributed by atoms with Gasteiger partial charge in [0.1, 0.15) is 18.2 Å². The number of aromatic carboxylic acids is 1. The van der Waals surface area contributed by atoms with Gasteiger partial charge >= 0.3 is 5.97 Å². The van der Waals surface area contributed by atoms with E-state index in [9.17, 15) is 14.7 Å². The van der Waals surface area contributed by atoms with Crippen LogP contribution in [-0.4, -0.2) is 56.2 Å². The van der Waals surface area contributed by atoms with Gasteiger partial charge in [0.05, 0.1) is 44.6 Å². The van der Waals surface area contributed by atoms with Crippen molar-refractivity contribution in [1.82, 2.24) is 24.4 Å². The Hall–Kier alpha value is -3.86. The number of rotatable bonds is 8. The summed E-state index contributed by atoms with van der Waals surface area (Å²) in [5.74, 6) is 0.116. The molecule has 1 N–H and O–H groups in total. The van der Waals surface area contributed by atoms with Crippen molar-refractivity contribution in [2.24, 2.45) is 0 Å². The first-order valence-corrected chi connectivity index (χ1v) is 13.9. The standard InChI is InChI=1S/C29H28ClN5O4S/c1-15-10-21(27-26(31-15)23(14-40-27)29(37)38)20-11-18(30)6-7-24(20)39-9-8-35-17(3)33-25-16(2)32-19(13-34(4)5)12-22(25)28(35)36/h6-7,10-12,14H,8-9,13H2,1-5H3,(H,37,38). The van der Waals surface area contributed by atoms with E-state index in [1.807, 2.05) is 45.0 Å². The number of fused-ring (bicyclic) bond motifs is 2. The molecule has 5 aromatic rings. The van der Waals surface area contributed by atoms with E-state index in [-0.39, 0.29) is 24.3 Å². The number of carboxylic acids is 1. The minimum absolute atomic E-state index is 0.140. The van der Waals surface area contributed by atoms with Crippen molar-refractivity contribution in [1.29, 1.82) is 0 Å². The maximum atomic E-state index is 13.5. The summed E-state index contributed by atoms with van der Waals surface area (Å²) in [5, 5.41) is 12.3. The Balaban J connectivity index is 1.48. The predicted molar refractivity (Wildman–Crippen MR) is 158 cm³/mol. The van der Waals surface area contributed by atoms with Crippen LogP contribution in [-0.2, 0) is 13.1 Å². The van der Waals surface area contributed by atoms with Crippen LogP contribution in [0.2, 0.25) is 5.02 Å². The number of nitrogens with zero attached hydrogens (tertiary/aromatic N) is 5. The topological polar surface area (TPSA) is 110 Å². The van der Waals surface area contributed by atoms with Gasteiger partial charge in [-0.2, -0.15) is 0 Å². The molecule has 0 saturated carbocycles. The number of thiophene rings is 1. The van der Waals surface area contributed by atoms with Crippen LogP contribution in [0.25, 0.3) is 32.2 Å². The largest absolute Gasteiger partial charge is 0.491 e. The highest BCUT2D eigenvalue weighted by Crippen LogP contribution is 2.40. The van der Waals surface area contributed by atoms with Crippen molar-refractivity contribution < 1.29 is 14.6 Å². The van der Waals surface area contributed by atoms with Crippen LogP contribution >= 0.6 is 22.9 Å². The number of carbonyl (C=O) groups is 1. The van der Waals surface area contributed by atoms with Crippen LogP contribution in [0.3, 0.4) is 0 Å².